The smallest absolute Gasteiger partial charge is 0.131 e. The number of thiophene rings is 1. The summed E-state index contributed by atoms with van der Waals surface area (Å²) in [5.41, 5.74) is 8.48. The first-order valence-electron chi connectivity index (χ1n) is 11.3. The van der Waals surface area contributed by atoms with Crippen LogP contribution in [0.2, 0.25) is 0 Å². The van der Waals surface area contributed by atoms with Gasteiger partial charge in [0.05, 0.1) is 23.8 Å². The van der Waals surface area contributed by atoms with Gasteiger partial charge in [-0.3, -0.25) is 9.97 Å². The fourth-order valence-corrected chi connectivity index (χ4v) is 5.84. The monoisotopic (exact) mass is 473 g/mol. The quantitative estimate of drug-likeness (QED) is 0.289. The predicted molar refractivity (Wildman–Crippen MR) is 141 cm³/mol. The summed E-state index contributed by atoms with van der Waals surface area (Å²) in [5, 5.41) is 18.3. The first kappa shape index (κ1) is 22.5. The van der Waals surface area contributed by atoms with Crippen LogP contribution < -0.4 is 4.90 Å². The van der Waals surface area contributed by atoms with Gasteiger partial charge in [0.15, 0.2) is 0 Å². The Labute approximate surface area is 209 Å². The Morgan fingerprint density at radius 3 is 2.00 bits per heavy atom. The molecule has 1 aromatic carbocycles. The first-order chi connectivity index (χ1) is 16.8. The van der Waals surface area contributed by atoms with Crippen LogP contribution in [0.4, 0.5) is 17.1 Å². The highest BCUT2D eigenvalue weighted by Crippen LogP contribution is 2.54. The van der Waals surface area contributed by atoms with Crippen LogP contribution in [0.1, 0.15) is 41.2 Å². The number of allylic oxidation sites excluding steroid dienone is 1. The van der Waals surface area contributed by atoms with Crippen LogP contribution in [0.15, 0.2) is 66.5 Å². The second-order valence-corrected chi connectivity index (χ2v) is 10.3. The Kier molecular flexibility index (Phi) is 5.47. The van der Waals surface area contributed by atoms with E-state index in [1.165, 1.54) is 21.6 Å². The van der Waals surface area contributed by atoms with Gasteiger partial charge in [0.1, 0.15) is 17.7 Å². The average molecular weight is 474 g/mol. The highest BCUT2D eigenvalue weighted by atomic mass is 32.1. The van der Waals surface area contributed by atoms with Gasteiger partial charge in [-0.05, 0) is 79.1 Å². The van der Waals surface area contributed by atoms with Crippen molar-refractivity contribution in [3.8, 4) is 22.6 Å². The Morgan fingerprint density at radius 2 is 1.46 bits per heavy atom. The van der Waals surface area contributed by atoms with Crippen LogP contribution in [0.25, 0.3) is 16.5 Å². The Hall–Kier alpha value is -4.26. The van der Waals surface area contributed by atoms with Crippen LogP contribution in [-0.2, 0) is 5.41 Å². The minimum absolute atomic E-state index is 0.118. The molecule has 5 nitrogen and oxygen atoms in total. The molecule has 170 valence electrons. The Morgan fingerprint density at radius 1 is 0.857 bits per heavy atom. The van der Waals surface area contributed by atoms with E-state index in [2.05, 4.69) is 65.1 Å². The summed E-state index contributed by atoms with van der Waals surface area (Å²) in [5.74, 6) is 0. The van der Waals surface area contributed by atoms with Crippen LogP contribution >= 0.6 is 11.3 Å². The summed E-state index contributed by atoms with van der Waals surface area (Å²) in [4.78, 5) is 13.4. The van der Waals surface area contributed by atoms with E-state index in [0.29, 0.717) is 0 Å². The molecule has 3 heterocycles. The highest BCUT2D eigenvalue weighted by Gasteiger charge is 2.37. The van der Waals surface area contributed by atoms with Crippen LogP contribution in [0.5, 0.6) is 0 Å². The number of nitriles is 2. The van der Waals surface area contributed by atoms with E-state index < -0.39 is 0 Å². The summed E-state index contributed by atoms with van der Waals surface area (Å²) < 4.78 is 0. The minimum Gasteiger partial charge on any atom is -0.307 e. The molecule has 1 aliphatic rings. The van der Waals surface area contributed by atoms with Crippen molar-refractivity contribution in [2.75, 3.05) is 4.90 Å². The number of hydrogen-bond acceptors (Lipinski definition) is 6. The molecule has 0 spiro atoms. The van der Waals surface area contributed by atoms with Crippen molar-refractivity contribution < 1.29 is 0 Å². The van der Waals surface area contributed by atoms with E-state index in [0.717, 1.165) is 33.3 Å². The largest absolute Gasteiger partial charge is 0.307 e. The molecule has 6 heteroatoms. The SMILES string of the molecule is Cc1ccc(N(c2ccc(C)nc2)c2ccc3c(c2)C(C)(C)c2cc(C=C(C#N)C#N)sc2-3)cn1. The van der Waals surface area contributed by atoms with Crippen molar-refractivity contribution in [3.05, 3.63) is 93.9 Å². The molecule has 4 aromatic rings. The third-order valence-electron chi connectivity index (χ3n) is 6.44. The summed E-state index contributed by atoms with van der Waals surface area (Å²) in [6, 6.07) is 20.8. The maximum Gasteiger partial charge on any atom is 0.131 e. The number of aromatic nitrogens is 2. The topological polar surface area (TPSA) is 76.6 Å². The van der Waals surface area contributed by atoms with Crippen molar-refractivity contribution in [2.45, 2.75) is 33.1 Å². The summed E-state index contributed by atoms with van der Waals surface area (Å²) >= 11 is 1.62. The van der Waals surface area contributed by atoms with Gasteiger partial charge in [-0.15, -0.1) is 11.3 Å². The molecule has 35 heavy (non-hydrogen) atoms. The van der Waals surface area contributed by atoms with Crippen LogP contribution in [0.3, 0.4) is 0 Å². The lowest BCUT2D eigenvalue weighted by Gasteiger charge is -2.27. The first-order valence-corrected chi connectivity index (χ1v) is 12.1. The van der Waals surface area contributed by atoms with Gasteiger partial charge >= 0.3 is 0 Å². The highest BCUT2D eigenvalue weighted by molar-refractivity contribution is 7.16. The molecule has 5 rings (SSSR count). The number of hydrogen-bond donors (Lipinski definition) is 0. The molecular weight excluding hydrogens is 450 g/mol. The van der Waals surface area contributed by atoms with E-state index in [1.807, 2.05) is 50.5 Å². The Balaban J connectivity index is 1.63. The molecule has 0 N–H and O–H groups in total. The fraction of sp³-hybridized carbons (Fsp3) is 0.172. The zero-order valence-corrected chi connectivity index (χ0v) is 20.8. The number of rotatable bonds is 4. The van der Waals surface area contributed by atoms with Gasteiger partial charge in [-0.1, -0.05) is 19.9 Å². The van der Waals surface area contributed by atoms with Crippen LogP contribution in [-0.4, -0.2) is 9.97 Å². The van der Waals surface area contributed by atoms with E-state index in [1.54, 1.807) is 17.4 Å². The van der Waals surface area contributed by atoms with Crippen molar-refractivity contribution in [3.63, 3.8) is 0 Å². The van der Waals surface area contributed by atoms with Crippen molar-refractivity contribution in [1.82, 2.24) is 9.97 Å². The maximum atomic E-state index is 9.15. The molecule has 0 atom stereocenters. The lowest BCUT2D eigenvalue weighted by Crippen LogP contribution is -2.16. The summed E-state index contributed by atoms with van der Waals surface area (Å²) in [7, 11) is 0. The average Bonchev–Trinajstić information content (AvgIpc) is 3.37. The molecule has 0 radical (unpaired) electrons. The molecule has 0 amide bonds. The third kappa shape index (κ3) is 3.89. The number of nitrogens with zero attached hydrogens (tertiary/aromatic N) is 5. The zero-order valence-electron chi connectivity index (χ0n) is 20.0. The van der Waals surface area contributed by atoms with Gasteiger partial charge in [-0.2, -0.15) is 10.5 Å². The van der Waals surface area contributed by atoms with E-state index in [-0.39, 0.29) is 11.0 Å². The van der Waals surface area contributed by atoms with Gasteiger partial charge < -0.3 is 4.90 Å². The molecule has 0 saturated carbocycles. The third-order valence-corrected chi connectivity index (χ3v) is 7.55. The Bertz CT molecular complexity index is 1480. The van der Waals surface area contributed by atoms with E-state index >= 15 is 0 Å². The molecule has 0 fully saturated rings. The van der Waals surface area contributed by atoms with Crippen molar-refractivity contribution in [1.29, 1.82) is 10.5 Å². The van der Waals surface area contributed by atoms with Gasteiger partial charge in [0.2, 0.25) is 0 Å². The minimum atomic E-state index is -0.217. The molecule has 1 aliphatic carbocycles. The molecule has 3 aromatic heterocycles. The van der Waals surface area contributed by atoms with E-state index in [4.69, 9.17) is 10.5 Å². The number of anilines is 3. The summed E-state index contributed by atoms with van der Waals surface area (Å²) in [6.45, 7) is 8.42. The van der Waals surface area contributed by atoms with Crippen molar-refractivity contribution in [2.24, 2.45) is 0 Å². The molecular formula is C29H23N5S. The molecule has 0 saturated heterocycles. The predicted octanol–water partition coefficient (Wildman–Crippen LogP) is 7.36. The van der Waals surface area contributed by atoms with Gasteiger partial charge in [-0.25, -0.2) is 0 Å². The van der Waals surface area contributed by atoms with E-state index in [9.17, 15) is 0 Å². The van der Waals surface area contributed by atoms with Crippen LogP contribution in [0, 0.1) is 36.5 Å². The lowest BCUT2D eigenvalue weighted by molar-refractivity contribution is 0.662. The lowest BCUT2D eigenvalue weighted by atomic mass is 9.82. The number of benzene rings is 1. The normalized spacial score (nSPS) is 12.7. The standard InChI is InChI=1S/C29H23N5S/c1-18-5-7-22(16-32-18)34(23-8-6-19(2)33-17-23)21-9-10-25-26(12-21)29(3,4)27-13-24(35-28(25)27)11-20(14-30)15-31/h5-13,16-17H,1-4H3. The molecule has 0 aliphatic heterocycles. The molecule has 0 unspecified atom stereocenters. The number of pyridine rings is 2. The number of aryl methyl sites for hydroxylation is 2. The van der Waals surface area contributed by atoms with Gasteiger partial charge in [0.25, 0.3) is 0 Å². The molecule has 0 bridgehead atoms. The zero-order chi connectivity index (χ0) is 24.7. The van der Waals surface area contributed by atoms with Crippen molar-refractivity contribution >= 4 is 34.5 Å². The maximum absolute atomic E-state index is 9.15. The fourth-order valence-electron chi connectivity index (χ4n) is 4.54. The summed E-state index contributed by atoms with van der Waals surface area (Å²) in [6.07, 6.45) is 5.46. The second kappa shape index (κ2) is 8.51. The number of fused-ring (bicyclic) bond motifs is 3. The second-order valence-electron chi connectivity index (χ2n) is 9.18. The van der Waals surface area contributed by atoms with Gasteiger partial charge in [0, 0.05) is 32.2 Å².